The normalized spacial score (nSPS) is 16.2. The van der Waals surface area contributed by atoms with E-state index >= 15 is 0 Å². The molecule has 0 atom stereocenters. The largest absolute Gasteiger partial charge is 0.497 e. The molecule has 0 aliphatic carbocycles. The molecule has 0 unspecified atom stereocenters. The highest BCUT2D eigenvalue weighted by Crippen LogP contribution is 2.25. The van der Waals surface area contributed by atoms with Crippen molar-refractivity contribution in [2.75, 3.05) is 40.4 Å². The lowest BCUT2D eigenvalue weighted by Gasteiger charge is -2.34. The lowest BCUT2D eigenvalue weighted by molar-refractivity contribution is 0.111. The minimum Gasteiger partial charge on any atom is -0.497 e. The first kappa shape index (κ1) is 18.7. The summed E-state index contributed by atoms with van der Waals surface area (Å²) in [5.74, 6) is 3.54. The van der Waals surface area contributed by atoms with Gasteiger partial charge < -0.3 is 14.0 Å². The lowest BCUT2D eigenvalue weighted by atomic mass is 10.1. The van der Waals surface area contributed by atoms with Crippen LogP contribution < -0.4 is 9.47 Å². The lowest BCUT2D eigenvalue weighted by Crippen LogP contribution is -2.45. The van der Waals surface area contributed by atoms with E-state index in [1.165, 1.54) is 0 Å². The van der Waals surface area contributed by atoms with E-state index in [0.29, 0.717) is 11.8 Å². The maximum absolute atomic E-state index is 5.49. The van der Waals surface area contributed by atoms with Crippen molar-refractivity contribution in [1.82, 2.24) is 19.9 Å². The monoisotopic (exact) mass is 360 g/mol. The van der Waals surface area contributed by atoms with Crippen LogP contribution in [-0.4, -0.2) is 60.3 Å². The van der Waals surface area contributed by atoms with Crippen LogP contribution in [0.15, 0.2) is 22.7 Å². The fourth-order valence-corrected chi connectivity index (χ4v) is 3.11. The highest BCUT2D eigenvalue weighted by Gasteiger charge is 2.21. The van der Waals surface area contributed by atoms with E-state index in [2.05, 4.69) is 39.9 Å². The molecule has 1 aromatic carbocycles. The van der Waals surface area contributed by atoms with Crippen LogP contribution in [0.2, 0.25) is 0 Å². The Morgan fingerprint density at radius 2 is 1.73 bits per heavy atom. The Balaban J connectivity index is 1.53. The third-order valence-electron chi connectivity index (χ3n) is 4.71. The SMILES string of the molecule is COc1ccc(OC)c(CN2CCN(Cc3nc(C(C)C)no3)CC2)c1. The third kappa shape index (κ3) is 4.53. The van der Waals surface area contributed by atoms with Gasteiger partial charge in [-0.15, -0.1) is 0 Å². The van der Waals surface area contributed by atoms with Crippen molar-refractivity contribution in [3.8, 4) is 11.5 Å². The number of benzene rings is 1. The molecule has 7 nitrogen and oxygen atoms in total. The Kier molecular flexibility index (Phi) is 6.11. The molecule has 3 rings (SSSR count). The first-order chi connectivity index (χ1) is 12.6. The van der Waals surface area contributed by atoms with Gasteiger partial charge in [0, 0.05) is 44.2 Å². The second-order valence-electron chi connectivity index (χ2n) is 6.93. The van der Waals surface area contributed by atoms with Gasteiger partial charge in [0.1, 0.15) is 11.5 Å². The summed E-state index contributed by atoms with van der Waals surface area (Å²) in [5, 5.41) is 4.04. The minimum absolute atomic E-state index is 0.294. The zero-order valence-electron chi connectivity index (χ0n) is 16.1. The van der Waals surface area contributed by atoms with Gasteiger partial charge in [-0.2, -0.15) is 4.98 Å². The summed E-state index contributed by atoms with van der Waals surface area (Å²) in [5.41, 5.74) is 1.15. The molecule has 0 saturated carbocycles. The number of hydrogen-bond acceptors (Lipinski definition) is 7. The van der Waals surface area contributed by atoms with Crippen LogP contribution in [0.5, 0.6) is 11.5 Å². The Hall–Kier alpha value is -2.12. The number of nitrogens with zero attached hydrogens (tertiary/aromatic N) is 4. The zero-order chi connectivity index (χ0) is 18.5. The fourth-order valence-electron chi connectivity index (χ4n) is 3.11. The molecule has 0 N–H and O–H groups in total. The van der Waals surface area contributed by atoms with Gasteiger partial charge in [-0.25, -0.2) is 0 Å². The summed E-state index contributed by atoms with van der Waals surface area (Å²) < 4.78 is 16.2. The quantitative estimate of drug-likeness (QED) is 0.752. The number of rotatable bonds is 7. The minimum atomic E-state index is 0.294. The third-order valence-corrected chi connectivity index (χ3v) is 4.71. The van der Waals surface area contributed by atoms with Crippen LogP contribution in [0.3, 0.4) is 0 Å². The van der Waals surface area contributed by atoms with Crippen LogP contribution in [-0.2, 0) is 13.1 Å². The van der Waals surface area contributed by atoms with Crippen molar-refractivity contribution in [3.05, 3.63) is 35.5 Å². The Labute approximate surface area is 154 Å². The number of hydrogen-bond donors (Lipinski definition) is 0. The van der Waals surface area contributed by atoms with E-state index < -0.39 is 0 Å². The molecule has 0 bridgehead atoms. The summed E-state index contributed by atoms with van der Waals surface area (Å²) in [7, 11) is 3.39. The van der Waals surface area contributed by atoms with Crippen molar-refractivity contribution >= 4 is 0 Å². The first-order valence-electron chi connectivity index (χ1n) is 9.07. The molecule has 1 aliphatic heterocycles. The predicted octanol–water partition coefficient (Wildman–Crippen LogP) is 2.53. The number of aromatic nitrogens is 2. The Morgan fingerprint density at radius 3 is 2.31 bits per heavy atom. The van der Waals surface area contributed by atoms with Gasteiger partial charge in [0.15, 0.2) is 5.82 Å². The van der Waals surface area contributed by atoms with Crippen molar-refractivity contribution in [1.29, 1.82) is 0 Å². The van der Waals surface area contributed by atoms with Crippen LogP contribution in [0.4, 0.5) is 0 Å². The average molecular weight is 360 g/mol. The summed E-state index contributed by atoms with van der Waals surface area (Å²) >= 11 is 0. The average Bonchev–Trinajstić information content (AvgIpc) is 3.12. The standard InChI is InChI=1S/C19H28N4O3/c1-14(2)19-20-18(26-21-19)13-23-9-7-22(8-10-23)12-15-11-16(24-3)5-6-17(15)25-4/h5-6,11,14H,7-10,12-13H2,1-4H3. The molecule has 1 aromatic heterocycles. The second-order valence-corrected chi connectivity index (χ2v) is 6.93. The summed E-state index contributed by atoms with van der Waals surface area (Å²) in [6.45, 7) is 9.65. The van der Waals surface area contributed by atoms with Gasteiger partial charge in [-0.05, 0) is 18.2 Å². The van der Waals surface area contributed by atoms with E-state index in [4.69, 9.17) is 14.0 Å². The molecule has 142 valence electrons. The summed E-state index contributed by atoms with van der Waals surface area (Å²) in [6, 6.07) is 5.94. The summed E-state index contributed by atoms with van der Waals surface area (Å²) in [4.78, 5) is 9.26. The van der Waals surface area contributed by atoms with Crippen LogP contribution >= 0.6 is 0 Å². The van der Waals surface area contributed by atoms with Crippen LogP contribution in [0, 0.1) is 0 Å². The Morgan fingerprint density at radius 1 is 1.04 bits per heavy atom. The van der Waals surface area contributed by atoms with E-state index in [1.807, 2.05) is 12.1 Å². The number of ether oxygens (including phenoxy) is 2. The molecule has 2 heterocycles. The molecule has 2 aromatic rings. The Bertz CT molecular complexity index is 709. The zero-order valence-corrected chi connectivity index (χ0v) is 16.1. The van der Waals surface area contributed by atoms with E-state index in [-0.39, 0.29) is 0 Å². The first-order valence-corrected chi connectivity index (χ1v) is 9.07. The van der Waals surface area contributed by atoms with E-state index in [1.54, 1.807) is 14.2 Å². The molecule has 0 spiro atoms. The predicted molar refractivity (Wildman–Crippen MR) is 98.5 cm³/mol. The molecule has 1 fully saturated rings. The van der Waals surface area contributed by atoms with Crippen molar-refractivity contribution in [3.63, 3.8) is 0 Å². The fraction of sp³-hybridized carbons (Fsp3) is 0.579. The van der Waals surface area contributed by atoms with Gasteiger partial charge in [-0.1, -0.05) is 19.0 Å². The van der Waals surface area contributed by atoms with Crippen molar-refractivity contribution < 1.29 is 14.0 Å². The summed E-state index contributed by atoms with van der Waals surface area (Å²) in [6.07, 6.45) is 0. The van der Waals surface area contributed by atoms with Gasteiger partial charge in [0.2, 0.25) is 5.89 Å². The molecule has 7 heteroatoms. The van der Waals surface area contributed by atoms with E-state index in [0.717, 1.165) is 62.2 Å². The maximum Gasteiger partial charge on any atom is 0.240 e. The van der Waals surface area contributed by atoms with Gasteiger partial charge in [-0.3, -0.25) is 9.80 Å². The van der Waals surface area contributed by atoms with Gasteiger partial charge in [0.05, 0.1) is 20.8 Å². The van der Waals surface area contributed by atoms with Crippen LogP contribution in [0.1, 0.15) is 37.0 Å². The second kappa shape index (κ2) is 8.51. The van der Waals surface area contributed by atoms with E-state index in [9.17, 15) is 0 Å². The topological polar surface area (TPSA) is 63.9 Å². The van der Waals surface area contributed by atoms with Crippen molar-refractivity contribution in [2.45, 2.75) is 32.9 Å². The number of piperazine rings is 1. The molecule has 1 aliphatic rings. The van der Waals surface area contributed by atoms with Gasteiger partial charge >= 0.3 is 0 Å². The molecule has 1 saturated heterocycles. The molecular weight excluding hydrogens is 332 g/mol. The molecule has 26 heavy (non-hydrogen) atoms. The molecule has 0 radical (unpaired) electrons. The highest BCUT2D eigenvalue weighted by molar-refractivity contribution is 5.40. The molecular formula is C19H28N4O3. The van der Waals surface area contributed by atoms with Crippen molar-refractivity contribution in [2.24, 2.45) is 0 Å². The highest BCUT2D eigenvalue weighted by atomic mass is 16.5. The van der Waals surface area contributed by atoms with Crippen LogP contribution in [0.25, 0.3) is 0 Å². The molecule has 0 amide bonds. The number of methoxy groups -OCH3 is 2. The van der Waals surface area contributed by atoms with Gasteiger partial charge in [0.25, 0.3) is 0 Å². The maximum atomic E-state index is 5.49. The smallest absolute Gasteiger partial charge is 0.240 e.